The maximum Gasteiger partial charge on any atom is 0.323 e. The quantitative estimate of drug-likeness (QED) is 0.189. The molecule has 2 aromatic heterocycles. The van der Waals surface area contributed by atoms with E-state index in [1.807, 2.05) is 37.3 Å². The fourth-order valence-electron chi connectivity index (χ4n) is 4.76. The van der Waals surface area contributed by atoms with Crippen LogP contribution in [-0.4, -0.2) is 58.6 Å². The standard InChI is InChI=1S/C30H33ClN8O2/c1-18-16-21(8-10-27(18)41-28-22(6-5-13-33-28)24-11-14-34-29(32-3)37-24)35-30(40)38-26-17-20(31)7-9-25(26)36-23-12-15-39(4)19(23)2/h5-11,13-14,16-17,19,23,36H,12,15H2,1-4H3,(H,32,34,37)(H2,35,38,40)/t19?,23-/m1/s1. The van der Waals surface area contributed by atoms with E-state index in [1.165, 1.54) is 0 Å². The van der Waals surface area contributed by atoms with Gasteiger partial charge in [-0.05, 0) is 87.5 Å². The number of aryl methyl sites for hydroxylation is 1. The molecule has 0 radical (unpaired) electrons. The molecule has 0 aliphatic carbocycles. The van der Waals surface area contributed by atoms with Gasteiger partial charge in [-0.1, -0.05) is 11.6 Å². The zero-order valence-corrected chi connectivity index (χ0v) is 24.2. The summed E-state index contributed by atoms with van der Waals surface area (Å²) in [5, 5.41) is 12.9. The van der Waals surface area contributed by atoms with Crippen LogP contribution in [0.5, 0.6) is 11.6 Å². The molecule has 0 bridgehead atoms. The predicted octanol–water partition coefficient (Wildman–Crippen LogP) is 6.48. The summed E-state index contributed by atoms with van der Waals surface area (Å²) in [5.74, 6) is 1.53. The van der Waals surface area contributed by atoms with Crippen molar-refractivity contribution in [3.63, 3.8) is 0 Å². The fourth-order valence-corrected chi connectivity index (χ4v) is 4.93. The van der Waals surface area contributed by atoms with E-state index in [4.69, 9.17) is 16.3 Å². The molecule has 41 heavy (non-hydrogen) atoms. The van der Waals surface area contributed by atoms with Crippen LogP contribution in [0, 0.1) is 6.92 Å². The van der Waals surface area contributed by atoms with Crippen molar-refractivity contribution in [2.24, 2.45) is 0 Å². The van der Waals surface area contributed by atoms with Crippen LogP contribution in [0.3, 0.4) is 0 Å². The summed E-state index contributed by atoms with van der Waals surface area (Å²) in [6.07, 6.45) is 4.37. The van der Waals surface area contributed by atoms with Gasteiger partial charge in [0.05, 0.1) is 22.6 Å². The van der Waals surface area contributed by atoms with E-state index in [9.17, 15) is 4.79 Å². The Morgan fingerprint density at radius 2 is 1.90 bits per heavy atom. The first-order chi connectivity index (χ1) is 19.8. The number of amides is 2. The Bertz CT molecular complexity index is 1550. The largest absolute Gasteiger partial charge is 0.438 e. The number of hydrogen-bond acceptors (Lipinski definition) is 8. The number of pyridine rings is 1. The second-order valence-electron chi connectivity index (χ2n) is 9.98. The van der Waals surface area contributed by atoms with Gasteiger partial charge in [0, 0.05) is 48.8 Å². The topological polar surface area (TPSA) is 116 Å². The lowest BCUT2D eigenvalue weighted by Gasteiger charge is -2.24. The number of urea groups is 1. The summed E-state index contributed by atoms with van der Waals surface area (Å²) >= 11 is 6.26. The Labute approximate surface area is 244 Å². The van der Waals surface area contributed by atoms with Crippen molar-refractivity contribution in [3.8, 4) is 22.9 Å². The molecule has 0 spiro atoms. The van der Waals surface area contributed by atoms with Gasteiger partial charge in [-0.2, -0.15) is 0 Å². The molecule has 2 aromatic carbocycles. The van der Waals surface area contributed by atoms with Gasteiger partial charge < -0.3 is 30.9 Å². The summed E-state index contributed by atoms with van der Waals surface area (Å²) in [6.45, 7) is 5.12. The normalized spacial score (nSPS) is 16.7. The van der Waals surface area contributed by atoms with Gasteiger partial charge in [-0.3, -0.25) is 0 Å². The Balaban J connectivity index is 1.28. The number of aromatic nitrogens is 3. The molecule has 11 heteroatoms. The number of nitrogens with zero attached hydrogens (tertiary/aromatic N) is 4. The lowest BCUT2D eigenvalue weighted by molar-refractivity contribution is 0.262. The van der Waals surface area contributed by atoms with Crippen molar-refractivity contribution >= 4 is 40.6 Å². The predicted molar refractivity (Wildman–Crippen MR) is 164 cm³/mol. The number of carbonyl (C=O) groups is 1. The monoisotopic (exact) mass is 572 g/mol. The van der Waals surface area contributed by atoms with Crippen molar-refractivity contribution in [1.29, 1.82) is 0 Å². The molecule has 10 nitrogen and oxygen atoms in total. The molecule has 1 aliphatic heterocycles. The number of rotatable bonds is 8. The van der Waals surface area contributed by atoms with E-state index in [0.717, 1.165) is 29.8 Å². The van der Waals surface area contributed by atoms with E-state index in [-0.39, 0.29) is 12.1 Å². The molecule has 4 N–H and O–H groups in total. The molecular formula is C30H33ClN8O2. The minimum Gasteiger partial charge on any atom is -0.438 e. The average molecular weight is 573 g/mol. The Kier molecular flexibility index (Phi) is 8.51. The summed E-state index contributed by atoms with van der Waals surface area (Å²) in [4.78, 5) is 28.4. The molecular weight excluding hydrogens is 540 g/mol. The average Bonchev–Trinajstić information content (AvgIpc) is 3.28. The van der Waals surface area contributed by atoms with E-state index < -0.39 is 0 Å². The number of nitrogens with one attached hydrogen (secondary N) is 4. The minimum absolute atomic E-state index is 0.277. The van der Waals surface area contributed by atoms with Crippen molar-refractivity contribution in [1.82, 2.24) is 19.9 Å². The molecule has 4 aromatic rings. The van der Waals surface area contributed by atoms with Crippen LogP contribution in [0.4, 0.5) is 27.8 Å². The SMILES string of the molecule is CNc1nccc(-c2cccnc2Oc2ccc(NC(=O)Nc3cc(Cl)ccc3N[C@@H]3CCN(C)C3C)cc2C)n1. The van der Waals surface area contributed by atoms with E-state index >= 15 is 0 Å². The molecule has 2 atom stereocenters. The van der Waals surface area contributed by atoms with Crippen molar-refractivity contribution in [2.75, 3.05) is 41.9 Å². The van der Waals surface area contributed by atoms with Crippen LogP contribution >= 0.6 is 11.6 Å². The number of benzene rings is 2. The van der Waals surface area contributed by atoms with E-state index in [2.05, 4.69) is 55.1 Å². The Hall–Kier alpha value is -4.41. The lowest BCUT2D eigenvalue weighted by atomic mass is 10.1. The highest BCUT2D eigenvalue weighted by molar-refractivity contribution is 6.31. The molecule has 1 fully saturated rings. The Morgan fingerprint density at radius 3 is 2.66 bits per heavy atom. The highest BCUT2D eigenvalue weighted by Gasteiger charge is 2.28. The number of hydrogen-bond donors (Lipinski definition) is 4. The number of anilines is 4. The Morgan fingerprint density at radius 1 is 1.05 bits per heavy atom. The number of halogens is 1. The number of likely N-dealkylation sites (tertiary alicyclic amines) is 1. The van der Waals surface area contributed by atoms with Crippen LogP contribution in [0.1, 0.15) is 18.9 Å². The zero-order valence-electron chi connectivity index (χ0n) is 23.4. The third kappa shape index (κ3) is 6.67. The lowest BCUT2D eigenvalue weighted by Crippen LogP contribution is -2.34. The van der Waals surface area contributed by atoms with Crippen molar-refractivity contribution < 1.29 is 9.53 Å². The van der Waals surface area contributed by atoms with Gasteiger partial charge in [-0.15, -0.1) is 0 Å². The van der Waals surface area contributed by atoms with Crippen molar-refractivity contribution in [3.05, 3.63) is 77.6 Å². The van der Waals surface area contributed by atoms with Crippen LogP contribution in [0.25, 0.3) is 11.3 Å². The summed E-state index contributed by atoms with van der Waals surface area (Å²) in [5.41, 5.74) is 4.30. The molecule has 0 saturated carbocycles. The molecule has 1 aliphatic rings. The molecule has 3 heterocycles. The van der Waals surface area contributed by atoms with Crippen molar-refractivity contribution in [2.45, 2.75) is 32.4 Å². The summed E-state index contributed by atoms with van der Waals surface area (Å²) in [6, 6.07) is 16.7. The fraction of sp³-hybridized carbons (Fsp3) is 0.267. The maximum absolute atomic E-state index is 13.0. The van der Waals surface area contributed by atoms with Gasteiger partial charge >= 0.3 is 6.03 Å². The first-order valence-electron chi connectivity index (χ1n) is 13.4. The second kappa shape index (κ2) is 12.4. The molecule has 1 unspecified atom stereocenters. The van der Waals surface area contributed by atoms with Gasteiger partial charge in [0.2, 0.25) is 11.8 Å². The van der Waals surface area contributed by atoms with Crippen LogP contribution in [-0.2, 0) is 0 Å². The smallest absolute Gasteiger partial charge is 0.323 e. The first-order valence-corrected chi connectivity index (χ1v) is 13.8. The van der Waals surface area contributed by atoms with Crippen LogP contribution < -0.4 is 26.0 Å². The molecule has 2 amide bonds. The summed E-state index contributed by atoms with van der Waals surface area (Å²) in [7, 11) is 3.88. The number of likely N-dealkylation sites (N-methyl/N-ethyl adjacent to an activating group) is 1. The number of carbonyl (C=O) groups excluding carboxylic acids is 1. The minimum atomic E-state index is -0.379. The van der Waals surface area contributed by atoms with Gasteiger partial charge in [0.15, 0.2) is 0 Å². The first kappa shape index (κ1) is 28.1. The van der Waals surface area contributed by atoms with Gasteiger partial charge in [-0.25, -0.2) is 19.7 Å². The summed E-state index contributed by atoms with van der Waals surface area (Å²) < 4.78 is 6.19. The highest BCUT2D eigenvalue weighted by Crippen LogP contribution is 2.33. The van der Waals surface area contributed by atoms with Crippen LogP contribution in [0.2, 0.25) is 5.02 Å². The third-order valence-electron chi connectivity index (χ3n) is 7.21. The van der Waals surface area contributed by atoms with E-state index in [0.29, 0.717) is 45.7 Å². The highest BCUT2D eigenvalue weighted by atomic mass is 35.5. The maximum atomic E-state index is 13.0. The third-order valence-corrected chi connectivity index (χ3v) is 7.44. The van der Waals surface area contributed by atoms with E-state index in [1.54, 1.807) is 43.7 Å². The molecule has 1 saturated heterocycles. The molecule has 5 rings (SSSR count). The second-order valence-corrected chi connectivity index (χ2v) is 10.4. The van der Waals surface area contributed by atoms with Gasteiger partial charge in [0.1, 0.15) is 5.75 Å². The van der Waals surface area contributed by atoms with Gasteiger partial charge in [0.25, 0.3) is 0 Å². The zero-order chi connectivity index (χ0) is 28.9. The van der Waals surface area contributed by atoms with Crippen LogP contribution in [0.15, 0.2) is 67.0 Å². The molecule has 212 valence electrons. The number of ether oxygens (including phenoxy) is 1.